The molecule has 0 aromatic heterocycles. The van der Waals surface area contributed by atoms with Crippen LogP contribution in [0.5, 0.6) is 5.75 Å². The summed E-state index contributed by atoms with van der Waals surface area (Å²) in [4.78, 5) is 0. The highest BCUT2D eigenvalue weighted by molar-refractivity contribution is 9.10. The Morgan fingerprint density at radius 2 is 1.80 bits per heavy atom. The molecule has 0 saturated carbocycles. The van der Waals surface area contributed by atoms with Gasteiger partial charge in [0.1, 0.15) is 5.75 Å². The third-order valence-electron chi connectivity index (χ3n) is 3.09. The summed E-state index contributed by atoms with van der Waals surface area (Å²) in [7, 11) is 3.61. The summed E-state index contributed by atoms with van der Waals surface area (Å²) in [5.41, 5.74) is 3.63. The van der Waals surface area contributed by atoms with Crippen LogP contribution in [0.2, 0.25) is 0 Å². The Labute approximate surface area is 128 Å². The number of hydrogen-bond donors (Lipinski definition) is 2. The molecule has 0 unspecified atom stereocenters. The van der Waals surface area contributed by atoms with Crippen LogP contribution < -0.4 is 15.4 Å². The second kappa shape index (κ2) is 7.31. The third kappa shape index (κ3) is 3.99. The standard InChI is InChI=1S/C16H19BrN2O/c1-18-14-5-3-4-12(8-14)10-19-11-13-6-7-16(20-2)15(17)9-13/h3-9,18-19H,10-11H2,1-2H3. The Bertz CT molecular complexity index is 572. The Kier molecular flexibility index (Phi) is 5.44. The van der Waals surface area contributed by atoms with Gasteiger partial charge in [0.2, 0.25) is 0 Å². The van der Waals surface area contributed by atoms with Crippen molar-refractivity contribution in [3.8, 4) is 5.75 Å². The molecule has 0 amide bonds. The number of hydrogen-bond acceptors (Lipinski definition) is 3. The summed E-state index contributed by atoms with van der Waals surface area (Å²) >= 11 is 3.50. The minimum atomic E-state index is 0.826. The molecular formula is C16H19BrN2O. The van der Waals surface area contributed by atoms with Gasteiger partial charge in [0.05, 0.1) is 11.6 Å². The van der Waals surface area contributed by atoms with Crippen molar-refractivity contribution >= 4 is 21.6 Å². The van der Waals surface area contributed by atoms with Crippen molar-refractivity contribution in [3.05, 3.63) is 58.1 Å². The van der Waals surface area contributed by atoms with Crippen LogP contribution in [0.3, 0.4) is 0 Å². The highest BCUT2D eigenvalue weighted by atomic mass is 79.9. The lowest BCUT2D eigenvalue weighted by Gasteiger charge is -2.09. The first-order valence-electron chi connectivity index (χ1n) is 6.52. The molecule has 0 fully saturated rings. The van der Waals surface area contributed by atoms with E-state index in [-0.39, 0.29) is 0 Å². The van der Waals surface area contributed by atoms with E-state index in [1.807, 2.05) is 13.1 Å². The van der Waals surface area contributed by atoms with E-state index >= 15 is 0 Å². The number of ether oxygens (including phenoxy) is 1. The first-order chi connectivity index (χ1) is 9.72. The molecule has 106 valence electrons. The van der Waals surface area contributed by atoms with Crippen LogP contribution in [-0.2, 0) is 13.1 Å². The van der Waals surface area contributed by atoms with E-state index in [9.17, 15) is 0 Å². The number of rotatable bonds is 6. The van der Waals surface area contributed by atoms with Gasteiger partial charge in [-0.05, 0) is 51.3 Å². The molecule has 0 aliphatic heterocycles. The van der Waals surface area contributed by atoms with Crippen LogP contribution >= 0.6 is 15.9 Å². The summed E-state index contributed by atoms with van der Waals surface area (Å²) in [5, 5.41) is 6.59. The molecule has 0 radical (unpaired) electrons. The van der Waals surface area contributed by atoms with Gasteiger partial charge in [-0.15, -0.1) is 0 Å². The Balaban J connectivity index is 1.90. The second-order valence-electron chi connectivity index (χ2n) is 4.52. The van der Waals surface area contributed by atoms with E-state index in [4.69, 9.17) is 4.74 Å². The van der Waals surface area contributed by atoms with Crippen molar-refractivity contribution in [1.29, 1.82) is 0 Å². The van der Waals surface area contributed by atoms with Gasteiger partial charge >= 0.3 is 0 Å². The zero-order chi connectivity index (χ0) is 14.4. The summed E-state index contributed by atoms with van der Waals surface area (Å²) in [6.07, 6.45) is 0. The molecule has 0 spiro atoms. The molecule has 0 aliphatic carbocycles. The first-order valence-corrected chi connectivity index (χ1v) is 7.32. The van der Waals surface area contributed by atoms with Gasteiger partial charge in [-0.25, -0.2) is 0 Å². The summed E-state index contributed by atoms with van der Waals surface area (Å²) in [5.74, 6) is 0.857. The maximum Gasteiger partial charge on any atom is 0.133 e. The van der Waals surface area contributed by atoms with Gasteiger partial charge < -0.3 is 15.4 Å². The monoisotopic (exact) mass is 334 g/mol. The molecule has 2 N–H and O–H groups in total. The van der Waals surface area contributed by atoms with E-state index in [0.29, 0.717) is 0 Å². The smallest absolute Gasteiger partial charge is 0.133 e. The van der Waals surface area contributed by atoms with Crippen molar-refractivity contribution in [2.45, 2.75) is 13.1 Å². The molecule has 2 aromatic carbocycles. The van der Waals surface area contributed by atoms with Crippen LogP contribution in [0.1, 0.15) is 11.1 Å². The Morgan fingerprint density at radius 1 is 1.05 bits per heavy atom. The normalized spacial score (nSPS) is 10.3. The Hall–Kier alpha value is -1.52. The quantitative estimate of drug-likeness (QED) is 0.843. The van der Waals surface area contributed by atoms with Crippen molar-refractivity contribution in [3.63, 3.8) is 0 Å². The van der Waals surface area contributed by atoms with Gasteiger partial charge in [0, 0.05) is 25.8 Å². The van der Waals surface area contributed by atoms with E-state index in [2.05, 4.69) is 63.0 Å². The van der Waals surface area contributed by atoms with Crippen LogP contribution in [-0.4, -0.2) is 14.2 Å². The molecule has 0 atom stereocenters. The summed E-state index contributed by atoms with van der Waals surface area (Å²) in [6, 6.07) is 14.5. The highest BCUT2D eigenvalue weighted by Gasteiger charge is 2.01. The maximum atomic E-state index is 5.23. The third-order valence-corrected chi connectivity index (χ3v) is 3.71. The maximum absolute atomic E-state index is 5.23. The van der Waals surface area contributed by atoms with E-state index in [0.717, 1.165) is 29.0 Å². The average Bonchev–Trinajstić information content (AvgIpc) is 2.48. The highest BCUT2D eigenvalue weighted by Crippen LogP contribution is 2.25. The van der Waals surface area contributed by atoms with E-state index < -0.39 is 0 Å². The Morgan fingerprint density at radius 3 is 2.45 bits per heavy atom. The lowest BCUT2D eigenvalue weighted by molar-refractivity contribution is 0.412. The van der Waals surface area contributed by atoms with Gasteiger partial charge in [-0.1, -0.05) is 18.2 Å². The van der Waals surface area contributed by atoms with Crippen LogP contribution in [0.25, 0.3) is 0 Å². The molecular weight excluding hydrogens is 316 g/mol. The summed E-state index contributed by atoms with van der Waals surface area (Å²) in [6.45, 7) is 1.67. The minimum Gasteiger partial charge on any atom is -0.496 e. The topological polar surface area (TPSA) is 33.3 Å². The van der Waals surface area contributed by atoms with Crippen LogP contribution in [0.15, 0.2) is 46.9 Å². The number of halogens is 1. The van der Waals surface area contributed by atoms with Gasteiger partial charge in [0.25, 0.3) is 0 Å². The molecule has 0 heterocycles. The second-order valence-corrected chi connectivity index (χ2v) is 5.38. The lowest BCUT2D eigenvalue weighted by atomic mass is 10.2. The minimum absolute atomic E-state index is 0.826. The molecule has 2 aromatic rings. The van der Waals surface area contributed by atoms with Crippen LogP contribution in [0.4, 0.5) is 5.69 Å². The fourth-order valence-corrected chi connectivity index (χ4v) is 2.60. The predicted octanol–water partition coefficient (Wildman–Crippen LogP) is 3.79. The van der Waals surface area contributed by atoms with Gasteiger partial charge in [0.15, 0.2) is 0 Å². The predicted molar refractivity (Wildman–Crippen MR) is 87.2 cm³/mol. The SMILES string of the molecule is CNc1cccc(CNCc2ccc(OC)c(Br)c2)c1. The lowest BCUT2D eigenvalue weighted by Crippen LogP contribution is -2.12. The fraction of sp³-hybridized carbons (Fsp3) is 0.250. The van der Waals surface area contributed by atoms with Crippen molar-refractivity contribution in [2.24, 2.45) is 0 Å². The molecule has 0 aliphatic rings. The molecule has 0 saturated heterocycles. The largest absolute Gasteiger partial charge is 0.496 e. The molecule has 2 rings (SSSR count). The first kappa shape index (κ1) is 14.9. The zero-order valence-electron chi connectivity index (χ0n) is 11.7. The molecule has 4 heteroatoms. The van der Waals surface area contributed by atoms with Crippen molar-refractivity contribution < 1.29 is 4.74 Å². The van der Waals surface area contributed by atoms with E-state index in [1.165, 1.54) is 11.1 Å². The van der Waals surface area contributed by atoms with Crippen molar-refractivity contribution in [1.82, 2.24) is 5.32 Å². The zero-order valence-corrected chi connectivity index (χ0v) is 13.3. The average molecular weight is 335 g/mol. The number of anilines is 1. The van der Waals surface area contributed by atoms with Crippen molar-refractivity contribution in [2.75, 3.05) is 19.5 Å². The molecule has 20 heavy (non-hydrogen) atoms. The number of benzene rings is 2. The number of methoxy groups -OCH3 is 1. The fourth-order valence-electron chi connectivity index (χ4n) is 2.01. The van der Waals surface area contributed by atoms with E-state index in [1.54, 1.807) is 7.11 Å². The summed E-state index contributed by atoms with van der Waals surface area (Å²) < 4.78 is 6.21. The van der Waals surface area contributed by atoms with Crippen LogP contribution in [0, 0.1) is 0 Å². The van der Waals surface area contributed by atoms with Gasteiger partial charge in [-0.2, -0.15) is 0 Å². The molecule has 3 nitrogen and oxygen atoms in total. The molecule has 0 bridgehead atoms. The number of nitrogens with one attached hydrogen (secondary N) is 2. The van der Waals surface area contributed by atoms with Gasteiger partial charge in [-0.3, -0.25) is 0 Å².